The zero-order valence-corrected chi connectivity index (χ0v) is 20.3. The Balaban J connectivity index is 1.81. The van der Waals surface area contributed by atoms with Gasteiger partial charge in [-0.1, -0.05) is 12.1 Å². The molecule has 1 amide bonds. The first-order chi connectivity index (χ1) is 17.6. The average Bonchev–Trinajstić information content (AvgIpc) is 2.84. The highest BCUT2D eigenvalue weighted by molar-refractivity contribution is 5.98. The number of nitrogens with zero attached hydrogens (tertiary/aromatic N) is 3. The third-order valence-electron chi connectivity index (χ3n) is 5.46. The summed E-state index contributed by atoms with van der Waals surface area (Å²) in [5, 5.41) is 1.84. The molecule has 1 N–H and O–H groups in total. The van der Waals surface area contributed by atoms with Gasteiger partial charge in [0.2, 0.25) is 5.88 Å². The fourth-order valence-electron chi connectivity index (χ4n) is 3.60. The Bertz CT molecular complexity index is 1100. The largest absolute Gasteiger partial charge is 0.508 e. The third kappa shape index (κ3) is 8.05. The average molecular weight is 524 g/mol. The van der Waals surface area contributed by atoms with Crippen LogP contribution in [0.15, 0.2) is 30.6 Å². The second kappa shape index (κ2) is 12.4. The van der Waals surface area contributed by atoms with E-state index in [9.17, 15) is 27.6 Å². The lowest BCUT2D eigenvalue weighted by atomic mass is 10.1. The van der Waals surface area contributed by atoms with Crippen molar-refractivity contribution in [1.29, 1.82) is 0 Å². The van der Waals surface area contributed by atoms with Crippen molar-refractivity contribution in [2.75, 3.05) is 29.9 Å². The van der Waals surface area contributed by atoms with Gasteiger partial charge >= 0.3 is 18.2 Å². The molecule has 0 saturated carbocycles. The molecule has 1 aromatic carbocycles. The first kappa shape index (κ1) is 27.7. The first-order valence-corrected chi connectivity index (χ1v) is 11.6. The normalized spacial score (nSPS) is 14.1. The topological polar surface area (TPSA) is 120 Å². The van der Waals surface area contributed by atoms with Crippen LogP contribution in [0.4, 0.5) is 29.5 Å². The molecule has 200 valence electrons. The maximum Gasteiger partial charge on any atom is 0.508 e. The van der Waals surface area contributed by atoms with Gasteiger partial charge in [-0.2, -0.15) is 18.2 Å². The molecule has 0 atom stereocenters. The van der Waals surface area contributed by atoms with Crippen LogP contribution >= 0.6 is 0 Å². The number of amides is 1. The van der Waals surface area contributed by atoms with E-state index in [1.54, 1.807) is 36.1 Å². The minimum Gasteiger partial charge on any atom is -0.437 e. The van der Waals surface area contributed by atoms with E-state index in [4.69, 9.17) is 14.2 Å². The van der Waals surface area contributed by atoms with Gasteiger partial charge < -0.3 is 29.2 Å². The Morgan fingerprint density at radius 3 is 2.38 bits per heavy atom. The van der Waals surface area contributed by atoms with Crippen LogP contribution in [0.25, 0.3) is 0 Å². The van der Waals surface area contributed by atoms with Crippen molar-refractivity contribution >= 4 is 29.4 Å². The molecule has 1 saturated heterocycles. The van der Waals surface area contributed by atoms with E-state index in [2.05, 4.69) is 9.97 Å². The summed E-state index contributed by atoms with van der Waals surface area (Å²) < 4.78 is 55.0. The second-order valence-electron chi connectivity index (χ2n) is 8.26. The molecular formula is C24H27F3N4O6. The number of anilines is 2. The predicted octanol–water partition coefficient (Wildman–Crippen LogP) is 4.43. The third-order valence-corrected chi connectivity index (χ3v) is 5.46. The molecule has 0 aliphatic carbocycles. The van der Waals surface area contributed by atoms with E-state index in [1.165, 1.54) is 6.92 Å². The van der Waals surface area contributed by atoms with Gasteiger partial charge in [-0.25, -0.2) is 9.78 Å². The summed E-state index contributed by atoms with van der Waals surface area (Å²) in [7, 11) is 0. The van der Waals surface area contributed by atoms with Crippen LogP contribution in [0.3, 0.4) is 0 Å². The highest BCUT2D eigenvalue weighted by Crippen LogP contribution is 2.36. The Morgan fingerprint density at radius 2 is 1.78 bits per heavy atom. The van der Waals surface area contributed by atoms with Gasteiger partial charge in [-0.05, 0) is 38.0 Å². The highest BCUT2D eigenvalue weighted by Gasteiger charge is 2.40. The highest BCUT2D eigenvalue weighted by atomic mass is 19.4. The number of ether oxygens (including phenoxy) is 3. The number of benzene rings is 1. The molecule has 0 bridgehead atoms. The summed E-state index contributed by atoms with van der Waals surface area (Å²) in [6.07, 6.45) is -3.59. The molecule has 13 heteroatoms. The van der Waals surface area contributed by atoms with Gasteiger partial charge in [-0.3, -0.25) is 4.79 Å². The number of ketones is 1. The van der Waals surface area contributed by atoms with Crippen LogP contribution < -0.4 is 15.0 Å². The van der Waals surface area contributed by atoms with Gasteiger partial charge in [0, 0.05) is 32.4 Å². The molecule has 1 aliphatic heterocycles. The molecule has 0 spiro atoms. The van der Waals surface area contributed by atoms with E-state index >= 15 is 0 Å². The summed E-state index contributed by atoms with van der Waals surface area (Å²) >= 11 is 0. The van der Waals surface area contributed by atoms with Crippen molar-refractivity contribution in [3.63, 3.8) is 0 Å². The maximum absolute atomic E-state index is 13.1. The molecular weight excluding hydrogens is 497 g/mol. The zero-order valence-electron chi connectivity index (χ0n) is 20.3. The van der Waals surface area contributed by atoms with Crippen molar-refractivity contribution in [2.45, 2.75) is 51.8 Å². The number of aryl methyl sites for hydroxylation is 1. The van der Waals surface area contributed by atoms with Gasteiger partial charge in [0.1, 0.15) is 29.7 Å². The quantitative estimate of drug-likeness (QED) is 0.475. The SMILES string of the molecule is CCOC(=O)OC1CCN(c2ncnc(Oc3ccc(CCC(C)=O)cc3)c2NC(=O)C(F)(F)F)CC1. The Labute approximate surface area is 211 Å². The van der Waals surface area contributed by atoms with E-state index < -0.39 is 24.3 Å². The molecule has 3 rings (SSSR count). The van der Waals surface area contributed by atoms with Gasteiger partial charge in [0.15, 0.2) is 5.82 Å². The first-order valence-electron chi connectivity index (χ1n) is 11.6. The van der Waals surface area contributed by atoms with Crippen LogP contribution in [0.2, 0.25) is 0 Å². The van der Waals surface area contributed by atoms with Crippen LogP contribution in [-0.2, 0) is 25.5 Å². The summed E-state index contributed by atoms with van der Waals surface area (Å²) in [6, 6.07) is 6.63. The van der Waals surface area contributed by atoms with Gasteiger partial charge in [-0.15, -0.1) is 0 Å². The van der Waals surface area contributed by atoms with Crippen LogP contribution in [0, 0.1) is 0 Å². The number of aromatic nitrogens is 2. The van der Waals surface area contributed by atoms with Crippen LogP contribution in [0.1, 0.15) is 38.7 Å². The molecule has 37 heavy (non-hydrogen) atoms. The molecule has 10 nitrogen and oxygen atoms in total. The summed E-state index contributed by atoms with van der Waals surface area (Å²) in [5.74, 6) is -2.12. The molecule has 2 heterocycles. The lowest BCUT2D eigenvalue weighted by Gasteiger charge is -2.33. The number of halogens is 3. The molecule has 1 aromatic heterocycles. The smallest absolute Gasteiger partial charge is 0.437 e. The van der Waals surface area contributed by atoms with E-state index in [1.807, 2.05) is 5.32 Å². The number of carbonyl (C=O) groups is 3. The van der Waals surface area contributed by atoms with Crippen molar-refractivity contribution < 1.29 is 41.8 Å². The molecule has 0 radical (unpaired) electrons. The van der Waals surface area contributed by atoms with Crippen molar-refractivity contribution in [2.24, 2.45) is 0 Å². The lowest BCUT2D eigenvalue weighted by Crippen LogP contribution is -2.39. The second-order valence-corrected chi connectivity index (χ2v) is 8.26. The molecule has 0 unspecified atom stereocenters. The molecule has 1 aliphatic rings. The standard InChI is InChI=1S/C24H27F3N4O6/c1-3-35-23(34)37-18-10-12-31(13-11-18)20-19(30-22(33)24(25,26)27)21(29-14-28-20)36-17-8-6-16(7-9-17)5-4-15(2)32/h6-9,14,18H,3-5,10-13H2,1-2H3,(H,30,33). The van der Waals surface area contributed by atoms with E-state index in [0.29, 0.717) is 25.7 Å². The van der Waals surface area contributed by atoms with Gasteiger partial charge in [0.05, 0.1) is 6.61 Å². The summed E-state index contributed by atoms with van der Waals surface area (Å²) in [6.45, 7) is 3.88. The number of hydrogen-bond donors (Lipinski definition) is 1. The Hall–Kier alpha value is -3.90. The van der Waals surface area contributed by atoms with E-state index in [-0.39, 0.29) is 48.6 Å². The van der Waals surface area contributed by atoms with Crippen molar-refractivity contribution in [1.82, 2.24) is 9.97 Å². The Morgan fingerprint density at radius 1 is 1.11 bits per heavy atom. The lowest BCUT2D eigenvalue weighted by molar-refractivity contribution is -0.167. The maximum atomic E-state index is 13.1. The number of hydrogen-bond acceptors (Lipinski definition) is 9. The van der Waals surface area contributed by atoms with Crippen molar-refractivity contribution in [3.8, 4) is 11.6 Å². The minimum atomic E-state index is -5.15. The van der Waals surface area contributed by atoms with Crippen LogP contribution in [0.5, 0.6) is 11.6 Å². The summed E-state index contributed by atoms with van der Waals surface area (Å²) in [4.78, 5) is 44.3. The number of Topliss-reactive ketones (excluding diaryl/α,β-unsaturated/α-hetero) is 1. The number of nitrogens with one attached hydrogen (secondary N) is 1. The zero-order chi connectivity index (χ0) is 27.0. The monoisotopic (exact) mass is 524 g/mol. The number of carbonyl (C=O) groups excluding carboxylic acids is 3. The van der Waals surface area contributed by atoms with Crippen molar-refractivity contribution in [3.05, 3.63) is 36.2 Å². The van der Waals surface area contributed by atoms with E-state index in [0.717, 1.165) is 11.9 Å². The number of piperidine rings is 1. The van der Waals surface area contributed by atoms with Crippen LogP contribution in [-0.4, -0.2) is 59.8 Å². The fourth-order valence-corrected chi connectivity index (χ4v) is 3.60. The summed E-state index contributed by atoms with van der Waals surface area (Å²) in [5.41, 5.74) is 0.541. The predicted molar refractivity (Wildman–Crippen MR) is 126 cm³/mol. The molecule has 2 aromatic rings. The Kier molecular flexibility index (Phi) is 9.25. The fraction of sp³-hybridized carbons (Fsp3) is 0.458. The number of alkyl halides is 3. The number of rotatable bonds is 9. The molecule has 1 fully saturated rings. The van der Waals surface area contributed by atoms with Gasteiger partial charge in [0.25, 0.3) is 0 Å². The minimum absolute atomic E-state index is 0.0373.